The number of ether oxygens (including phenoxy) is 1. The molecule has 2 heterocycles. The fraction of sp³-hybridized carbons (Fsp3) is 0.545. The Morgan fingerprint density at radius 2 is 2.18 bits per heavy atom. The first-order valence-corrected chi connectivity index (χ1v) is 5.67. The lowest BCUT2D eigenvalue weighted by Gasteiger charge is -2.06. The lowest BCUT2D eigenvalue weighted by molar-refractivity contribution is 0.210. The summed E-state index contributed by atoms with van der Waals surface area (Å²) in [6, 6.07) is 3.80. The number of fused-ring (bicyclic) bond motifs is 1. The molecule has 0 radical (unpaired) electrons. The molecule has 0 saturated carbocycles. The van der Waals surface area contributed by atoms with E-state index in [4.69, 9.17) is 4.74 Å². The molecule has 6 heteroatoms. The highest BCUT2D eigenvalue weighted by Gasteiger charge is 2.10. The fourth-order valence-corrected chi connectivity index (χ4v) is 1.54. The van der Waals surface area contributed by atoms with Gasteiger partial charge in [-0.25, -0.2) is 0 Å². The van der Waals surface area contributed by atoms with Crippen LogP contribution in [-0.2, 0) is 4.74 Å². The molecule has 0 fully saturated rings. The van der Waals surface area contributed by atoms with Gasteiger partial charge < -0.3 is 10.1 Å². The van der Waals surface area contributed by atoms with E-state index in [9.17, 15) is 0 Å². The lowest BCUT2D eigenvalue weighted by Crippen LogP contribution is -2.11. The van der Waals surface area contributed by atoms with E-state index in [1.807, 2.05) is 12.1 Å². The van der Waals surface area contributed by atoms with Crippen molar-refractivity contribution in [3.8, 4) is 0 Å². The topological polar surface area (TPSA) is 64.3 Å². The second-order valence-electron chi connectivity index (χ2n) is 4.12. The average Bonchev–Trinajstić information content (AvgIpc) is 2.72. The third-order valence-corrected chi connectivity index (χ3v) is 2.42. The molecule has 0 spiro atoms. The van der Waals surface area contributed by atoms with Gasteiger partial charge in [0.15, 0.2) is 11.5 Å². The molecule has 2 aromatic heterocycles. The third kappa shape index (κ3) is 2.52. The van der Waals surface area contributed by atoms with E-state index in [1.54, 1.807) is 11.6 Å². The molecule has 6 nitrogen and oxygen atoms in total. The minimum absolute atomic E-state index is 0.298. The molecule has 17 heavy (non-hydrogen) atoms. The summed E-state index contributed by atoms with van der Waals surface area (Å²) in [6.07, 6.45) is 0. The van der Waals surface area contributed by atoms with Crippen molar-refractivity contribution in [1.82, 2.24) is 19.8 Å². The van der Waals surface area contributed by atoms with Gasteiger partial charge in [0, 0.05) is 19.6 Å². The van der Waals surface area contributed by atoms with Gasteiger partial charge in [-0.05, 0) is 12.1 Å². The van der Waals surface area contributed by atoms with E-state index in [0.29, 0.717) is 12.5 Å². The van der Waals surface area contributed by atoms with Crippen molar-refractivity contribution in [2.24, 2.45) is 0 Å². The molecule has 2 aromatic rings. The van der Waals surface area contributed by atoms with Crippen molar-refractivity contribution in [1.29, 1.82) is 0 Å². The van der Waals surface area contributed by atoms with Crippen LogP contribution >= 0.6 is 0 Å². The summed E-state index contributed by atoms with van der Waals surface area (Å²) < 4.78 is 6.75. The SMILES string of the molecule is COCCNc1ccc2nnc(C(C)C)n2n1. The highest BCUT2D eigenvalue weighted by atomic mass is 16.5. The maximum absolute atomic E-state index is 4.98. The highest BCUT2D eigenvalue weighted by molar-refractivity contribution is 5.44. The Hall–Kier alpha value is -1.69. The van der Waals surface area contributed by atoms with E-state index in [0.717, 1.165) is 23.8 Å². The normalized spacial score (nSPS) is 11.3. The predicted molar refractivity (Wildman–Crippen MR) is 65.2 cm³/mol. The number of rotatable bonds is 5. The summed E-state index contributed by atoms with van der Waals surface area (Å²) in [5.74, 6) is 1.97. The molecule has 0 aromatic carbocycles. The average molecular weight is 235 g/mol. The first-order chi connectivity index (χ1) is 8.22. The van der Waals surface area contributed by atoms with E-state index in [2.05, 4.69) is 34.5 Å². The number of hydrogen-bond donors (Lipinski definition) is 1. The van der Waals surface area contributed by atoms with Crippen LogP contribution in [0, 0.1) is 0 Å². The zero-order valence-corrected chi connectivity index (χ0v) is 10.3. The van der Waals surface area contributed by atoms with Crippen LogP contribution in [0.3, 0.4) is 0 Å². The maximum Gasteiger partial charge on any atom is 0.178 e. The van der Waals surface area contributed by atoms with Crippen LogP contribution in [0.15, 0.2) is 12.1 Å². The standard InChI is InChI=1S/C11H17N5O/c1-8(2)11-14-13-10-5-4-9(15-16(10)11)12-6-7-17-3/h4-5,8H,6-7H2,1-3H3,(H,12,15). The van der Waals surface area contributed by atoms with Crippen LogP contribution in [0.1, 0.15) is 25.6 Å². The number of aromatic nitrogens is 4. The summed E-state index contributed by atoms with van der Waals surface area (Å²) in [4.78, 5) is 0. The van der Waals surface area contributed by atoms with E-state index >= 15 is 0 Å². The van der Waals surface area contributed by atoms with Crippen LogP contribution in [0.2, 0.25) is 0 Å². The zero-order chi connectivity index (χ0) is 12.3. The summed E-state index contributed by atoms with van der Waals surface area (Å²) in [5.41, 5.74) is 0.769. The molecule has 0 aliphatic carbocycles. The number of anilines is 1. The van der Waals surface area contributed by atoms with Crippen LogP contribution in [0.25, 0.3) is 5.65 Å². The predicted octanol–water partition coefficient (Wildman–Crippen LogP) is 1.31. The lowest BCUT2D eigenvalue weighted by atomic mass is 10.2. The number of methoxy groups -OCH3 is 1. The molecular formula is C11H17N5O. The Morgan fingerprint density at radius 3 is 2.88 bits per heavy atom. The molecular weight excluding hydrogens is 218 g/mol. The van der Waals surface area contributed by atoms with Crippen molar-refractivity contribution in [3.05, 3.63) is 18.0 Å². The summed E-state index contributed by atoms with van der Waals surface area (Å²) in [5, 5.41) is 15.8. The molecule has 0 unspecified atom stereocenters. The highest BCUT2D eigenvalue weighted by Crippen LogP contribution is 2.13. The zero-order valence-electron chi connectivity index (χ0n) is 10.3. The van der Waals surface area contributed by atoms with E-state index < -0.39 is 0 Å². The Balaban J connectivity index is 2.25. The van der Waals surface area contributed by atoms with Crippen LogP contribution in [0.5, 0.6) is 0 Å². The third-order valence-electron chi connectivity index (χ3n) is 2.42. The Kier molecular flexibility index (Phi) is 3.53. The van der Waals surface area contributed by atoms with Crippen molar-refractivity contribution >= 4 is 11.5 Å². The number of nitrogens with zero attached hydrogens (tertiary/aromatic N) is 4. The quantitative estimate of drug-likeness (QED) is 0.791. The van der Waals surface area contributed by atoms with Crippen LogP contribution < -0.4 is 5.32 Å². The molecule has 0 atom stereocenters. The van der Waals surface area contributed by atoms with Gasteiger partial charge in [0.05, 0.1) is 6.61 Å². The second-order valence-corrected chi connectivity index (χ2v) is 4.12. The molecule has 1 N–H and O–H groups in total. The van der Waals surface area contributed by atoms with Gasteiger partial charge in [0.1, 0.15) is 5.82 Å². The van der Waals surface area contributed by atoms with Gasteiger partial charge in [-0.3, -0.25) is 0 Å². The maximum atomic E-state index is 4.98. The van der Waals surface area contributed by atoms with E-state index in [1.165, 1.54) is 0 Å². The van der Waals surface area contributed by atoms with Gasteiger partial charge in [0.25, 0.3) is 0 Å². The van der Waals surface area contributed by atoms with Gasteiger partial charge in [0.2, 0.25) is 0 Å². The molecule has 2 rings (SSSR count). The van der Waals surface area contributed by atoms with Gasteiger partial charge >= 0.3 is 0 Å². The summed E-state index contributed by atoms with van der Waals surface area (Å²) >= 11 is 0. The first kappa shape index (κ1) is 11.8. The van der Waals surface area contributed by atoms with Gasteiger partial charge in [-0.15, -0.1) is 15.3 Å². The molecule has 0 aliphatic rings. The molecule has 0 amide bonds. The number of hydrogen-bond acceptors (Lipinski definition) is 5. The monoisotopic (exact) mass is 235 g/mol. The Morgan fingerprint density at radius 1 is 1.35 bits per heavy atom. The van der Waals surface area contributed by atoms with Crippen molar-refractivity contribution < 1.29 is 4.74 Å². The second kappa shape index (κ2) is 5.09. The number of nitrogens with one attached hydrogen (secondary N) is 1. The van der Waals surface area contributed by atoms with Crippen molar-refractivity contribution in [3.63, 3.8) is 0 Å². The smallest absolute Gasteiger partial charge is 0.178 e. The van der Waals surface area contributed by atoms with Gasteiger partial charge in [-0.2, -0.15) is 4.52 Å². The fourth-order valence-electron chi connectivity index (χ4n) is 1.54. The van der Waals surface area contributed by atoms with Crippen LogP contribution in [-0.4, -0.2) is 40.1 Å². The van der Waals surface area contributed by atoms with E-state index in [-0.39, 0.29) is 0 Å². The summed E-state index contributed by atoms with van der Waals surface area (Å²) in [7, 11) is 1.68. The minimum Gasteiger partial charge on any atom is -0.383 e. The Bertz CT molecular complexity index is 494. The molecule has 0 saturated heterocycles. The van der Waals surface area contributed by atoms with Gasteiger partial charge in [-0.1, -0.05) is 13.8 Å². The first-order valence-electron chi connectivity index (χ1n) is 5.67. The minimum atomic E-state index is 0.298. The summed E-state index contributed by atoms with van der Waals surface area (Å²) in [6.45, 7) is 5.53. The largest absolute Gasteiger partial charge is 0.383 e. The molecule has 0 aliphatic heterocycles. The van der Waals surface area contributed by atoms with Crippen LogP contribution in [0.4, 0.5) is 5.82 Å². The van der Waals surface area contributed by atoms with Crippen molar-refractivity contribution in [2.75, 3.05) is 25.6 Å². The Labute approximate surface area is 100.0 Å². The molecule has 92 valence electrons. The van der Waals surface area contributed by atoms with Crippen molar-refractivity contribution in [2.45, 2.75) is 19.8 Å². The molecule has 0 bridgehead atoms.